The first kappa shape index (κ1) is 16.4. The van der Waals surface area contributed by atoms with E-state index in [1.165, 1.54) is 0 Å². The molecule has 0 radical (unpaired) electrons. The highest BCUT2D eigenvalue weighted by molar-refractivity contribution is 5.46. The summed E-state index contributed by atoms with van der Waals surface area (Å²) in [5.41, 5.74) is 1.68. The average Bonchev–Trinajstić information content (AvgIpc) is 2.60. The van der Waals surface area contributed by atoms with E-state index in [0.717, 1.165) is 0 Å². The van der Waals surface area contributed by atoms with Gasteiger partial charge in [-0.25, -0.2) is 0 Å². The second-order valence-corrected chi connectivity index (χ2v) is 4.77. The third-order valence-electron chi connectivity index (χ3n) is 3.19. The van der Waals surface area contributed by atoms with Crippen LogP contribution in [0.4, 0.5) is 0 Å². The van der Waals surface area contributed by atoms with Gasteiger partial charge in [-0.05, 0) is 36.8 Å². The minimum absolute atomic E-state index is 0.0396. The van der Waals surface area contributed by atoms with Crippen molar-refractivity contribution in [1.29, 1.82) is 10.5 Å². The van der Waals surface area contributed by atoms with Crippen LogP contribution in [0.2, 0.25) is 0 Å². The Morgan fingerprint density at radius 1 is 0.957 bits per heavy atom. The molecule has 0 saturated heterocycles. The van der Waals surface area contributed by atoms with Crippen molar-refractivity contribution in [3.05, 3.63) is 59.2 Å². The van der Waals surface area contributed by atoms with E-state index in [1.54, 1.807) is 42.5 Å². The molecule has 0 aliphatic carbocycles. The molecule has 5 nitrogen and oxygen atoms in total. The van der Waals surface area contributed by atoms with Gasteiger partial charge in [-0.3, -0.25) is 0 Å². The number of nitrogens with zero attached hydrogens (tertiary/aromatic N) is 2. The molecular weight excluding hydrogens is 292 g/mol. The van der Waals surface area contributed by atoms with Crippen molar-refractivity contribution in [2.75, 3.05) is 13.2 Å². The van der Waals surface area contributed by atoms with Gasteiger partial charge in [-0.2, -0.15) is 10.5 Å². The van der Waals surface area contributed by atoms with Crippen LogP contribution in [0.15, 0.2) is 42.5 Å². The Kier molecular flexibility index (Phi) is 5.57. The second kappa shape index (κ2) is 7.84. The summed E-state index contributed by atoms with van der Waals surface area (Å²) in [6.45, 7) is 2.33. The molecule has 0 heterocycles. The lowest BCUT2D eigenvalue weighted by molar-refractivity contribution is 0.106. The van der Waals surface area contributed by atoms with Crippen molar-refractivity contribution in [3.63, 3.8) is 0 Å². The van der Waals surface area contributed by atoms with Crippen LogP contribution in [0, 0.1) is 22.7 Å². The van der Waals surface area contributed by atoms with Gasteiger partial charge in [-0.15, -0.1) is 0 Å². The Balaban J connectivity index is 2.07. The first-order valence-electron chi connectivity index (χ1n) is 7.15. The molecule has 1 atom stereocenters. The van der Waals surface area contributed by atoms with E-state index < -0.39 is 6.10 Å². The standard InChI is InChI=1S/C18H16N2O3/c1-2-22-18-9-14(11-20)5-8-17(18)23-12-16(21)15-6-3-13(10-19)4-7-15/h3-9,16,21H,2,12H2,1H3. The highest BCUT2D eigenvalue weighted by atomic mass is 16.5. The highest BCUT2D eigenvalue weighted by Gasteiger charge is 2.12. The van der Waals surface area contributed by atoms with E-state index in [9.17, 15) is 5.11 Å². The Hall–Kier alpha value is -3.02. The quantitative estimate of drug-likeness (QED) is 0.886. The molecule has 0 aliphatic heterocycles. The molecule has 2 aromatic rings. The first-order valence-corrected chi connectivity index (χ1v) is 7.15. The van der Waals surface area contributed by atoms with E-state index in [0.29, 0.717) is 34.8 Å². The van der Waals surface area contributed by atoms with Gasteiger partial charge in [-0.1, -0.05) is 12.1 Å². The fourth-order valence-electron chi connectivity index (χ4n) is 2.01. The molecular formula is C18H16N2O3. The zero-order chi connectivity index (χ0) is 16.7. The molecule has 1 N–H and O–H groups in total. The first-order chi connectivity index (χ1) is 11.2. The summed E-state index contributed by atoms with van der Waals surface area (Å²) in [6, 6.07) is 15.6. The van der Waals surface area contributed by atoms with Gasteiger partial charge >= 0.3 is 0 Å². The third kappa shape index (κ3) is 4.23. The van der Waals surface area contributed by atoms with Crippen LogP contribution in [-0.2, 0) is 0 Å². The van der Waals surface area contributed by atoms with Crippen LogP contribution >= 0.6 is 0 Å². The van der Waals surface area contributed by atoms with Gasteiger partial charge in [0.15, 0.2) is 11.5 Å². The van der Waals surface area contributed by atoms with Crippen molar-refractivity contribution in [1.82, 2.24) is 0 Å². The van der Waals surface area contributed by atoms with Crippen LogP contribution in [0.1, 0.15) is 29.7 Å². The van der Waals surface area contributed by atoms with E-state index >= 15 is 0 Å². The molecule has 0 aliphatic rings. The van der Waals surface area contributed by atoms with Crippen LogP contribution < -0.4 is 9.47 Å². The highest BCUT2D eigenvalue weighted by Crippen LogP contribution is 2.29. The average molecular weight is 308 g/mol. The fraction of sp³-hybridized carbons (Fsp3) is 0.222. The lowest BCUT2D eigenvalue weighted by Gasteiger charge is -2.15. The monoisotopic (exact) mass is 308 g/mol. The number of aliphatic hydroxyl groups excluding tert-OH is 1. The summed E-state index contributed by atoms with van der Waals surface area (Å²) in [7, 11) is 0. The summed E-state index contributed by atoms with van der Waals surface area (Å²) in [6.07, 6.45) is -0.826. The Bertz CT molecular complexity index is 742. The maximum absolute atomic E-state index is 10.2. The fourth-order valence-corrected chi connectivity index (χ4v) is 2.01. The van der Waals surface area contributed by atoms with Crippen molar-refractivity contribution in [3.8, 4) is 23.6 Å². The zero-order valence-corrected chi connectivity index (χ0v) is 12.7. The lowest BCUT2D eigenvalue weighted by atomic mass is 10.1. The molecule has 0 aromatic heterocycles. The van der Waals surface area contributed by atoms with Gasteiger partial charge in [0.25, 0.3) is 0 Å². The van der Waals surface area contributed by atoms with E-state index in [-0.39, 0.29) is 6.61 Å². The number of hydrogen-bond acceptors (Lipinski definition) is 5. The topological polar surface area (TPSA) is 86.3 Å². The molecule has 0 bridgehead atoms. The second-order valence-electron chi connectivity index (χ2n) is 4.77. The van der Waals surface area contributed by atoms with Crippen molar-refractivity contribution in [2.45, 2.75) is 13.0 Å². The van der Waals surface area contributed by atoms with Crippen LogP contribution in [0.3, 0.4) is 0 Å². The largest absolute Gasteiger partial charge is 0.490 e. The van der Waals surface area contributed by atoms with Crippen molar-refractivity contribution < 1.29 is 14.6 Å². The molecule has 0 amide bonds. The maximum atomic E-state index is 10.2. The molecule has 0 fully saturated rings. The maximum Gasteiger partial charge on any atom is 0.162 e. The molecule has 2 rings (SSSR count). The zero-order valence-electron chi connectivity index (χ0n) is 12.7. The van der Waals surface area contributed by atoms with Gasteiger partial charge in [0, 0.05) is 6.07 Å². The molecule has 1 unspecified atom stereocenters. The Morgan fingerprint density at radius 3 is 2.22 bits per heavy atom. The Labute approximate surface area is 134 Å². The number of rotatable bonds is 6. The van der Waals surface area contributed by atoms with Gasteiger partial charge in [0.2, 0.25) is 0 Å². The van der Waals surface area contributed by atoms with Gasteiger partial charge in [0.05, 0.1) is 29.9 Å². The Morgan fingerprint density at radius 2 is 1.61 bits per heavy atom. The lowest BCUT2D eigenvalue weighted by Crippen LogP contribution is -2.10. The summed E-state index contributed by atoms with van der Waals surface area (Å²) >= 11 is 0. The summed E-state index contributed by atoms with van der Waals surface area (Å²) in [4.78, 5) is 0. The van der Waals surface area contributed by atoms with Crippen LogP contribution in [0.25, 0.3) is 0 Å². The summed E-state index contributed by atoms with van der Waals surface area (Å²) < 4.78 is 11.1. The molecule has 5 heteroatoms. The number of ether oxygens (including phenoxy) is 2. The predicted molar refractivity (Wildman–Crippen MR) is 83.9 cm³/mol. The molecule has 2 aromatic carbocycles. The van der Waals surface area contributed by atoms with Crippen molar-refractivity contribution >= 4 is 0 Å². The minimum Gasteiger partial charge on any atom is -0.490 e. The smallest absolute Gasteiger partial charge is 0.162 e. The number of benzene rings is 2. The molecule has 23 heavy (non-hydrogen) atoms. The van der Waals surface area contributed by atoms with E-state index in [1.807, 2.05) is 19.1 Å². The SMILES string of the molecule is CCOc1cc(C#N)ccc1OCC(O)c1ccc(C#N)cc1. The number of nitriles is 2. The number of hydrogen-bond donors (Lipinski definition) is 1. The molecule has 116 valence electrons. The van der Waals surface area contributed by atoms with Crippen LogP contribution in [0.5, 0.6) is 11.5 Å². The van der Waals surface area contributed by atoms with Gasteiger partial charge in [0.1, 0.15) is 12.7 Å². The molecule has 0 saturated carbocycles. The van der Waals surface area contributed by atoms with Crippen LogP contribution in [-0.4, -0.2) is 18.3 Å². The predicted octanol–water partition coefficient (Wildman–Crippen LogP) is 2.94. The van der Waals surface area contributed by atoms with E-state index in [4.69, 9.17) is 20.0 Å². The van der Waals surface area contributed by atoms with Gasteiger partial charge < -0.3 is 14.6 Å². The normalized spacial score (nSPS) is 11.1. The third-order valence-corrected chi connectivity index (χ3v) is 3.19. The minimum atomic E-state index is -0.826. The molecule has 0 spiro atoms. The van der Waals surface area contributed by atoms with E-state index in [2.05, 4.69) is 0 Å². The van der Waals surface area contributed by atoms with Crippen molar-refractivity contribution in [2.24, 2.45) is 0 Å². The summed E-state index contributed by atoms with van der Waals surface area (Å²) in [5, 5.41) is 27.9. The number of aliphatic hydroxyl groups is 1. The summed E-state index contributed by atoms with van der Waals surface area (Å²) in [5.74, 6) is 0.942.